The van der Waals surface area contributed by atoms with Gasteiger partial charge in [-0.25, -0.2) is 0 Å². The maximum absolute atomic E-state index is 11.9. The number of nitrogens with one attached hydrogen (secondary N) is 2. The van der Waals surface area contributed by atoms with Gasteiger partial charge in [-0.05, 0) is 36.6 Å². The lowest BCUT2D eigenvalue weighted by Crippen LogP contribution is -2.26. The lowest BCUT2D eigenvalue weighted by atomic mass is 10.1. The molecule has 20 heavy (non-hydrogen) atoms. The summed E-state index contributed by atoms with van der Waals surface area (Å²) in [4.78, 5) is 11.9. The van der Waals surface area contributed by atoms with Crippen LogP contribution < -0.4 is 5.32 Å². The van der Waals surface area contributed by atoms with Crippen LogP contribution in [-0.2, 0) is 12.8 Å². The van der Waals surface area contributed by atoms with Crippen LogP contribution in [0.3, 0.4) is 0 Å². The average Bonchev–Trinajstić information content (AvgIpc) is 2.90. The van der Waals surface area contributed by atoms with Crippen LogP contribution in [0.2, 0.25) is 10.0 Å². The maximum Gasteiger partial charge on any atom is 0.271 e. The Kier molecular flexibility index (Phi) is 5.04. The highest BCUT2D eigenvalue weighted by atomic mass is 35.5. The second-order valence-electron chi connectivity index (χ2n) is 4.37. The number of hydrogen-bond donors (Lipinski definition) is 2. The summed E-state index contributed by atoms with van der Waals surface area (Å²) in [5.74, 6) is -0.189. The van der Waals surface area contributed by atoms with Crippen molar-refractivity contribution in [3.63, 3.8) is 0 Å². The van der Waals surface area contributed by atoms with Crippen molar-refractivity contribution in [1.29, 1.82) is 0 Å². The molecule has 0 aliphatic rings. The molecule has 0 unspecified atom stereocenters. The van der Waals surface area contributed by atoms with Gasteiger partial charge in [0.2, 0.25) is 0 Å². The molecule has 0 fully saturated rings. The quantitative estimate of drug-likeness (QED) is 0.890. The van der Waals surface area contributed by atoms with Crippen molar-refractivity contribution in [2.75, 3.05) is 6.54 Å². The van der Waals surface area contributed by atoms with Gasteiger partial charge >= 0.3 is 0 Å². The molecule has 1 aromatic carbocycles. The minimum atomic E-state index is -0.189. The summed E-state index contributed by atoms with van der Waals surface area (Å²) in [7, 11) is 0. The number of carbonyl (C=O) groups excluding carboxylic acids is 1. The Morgan fingerprint density at radius 1 is 1.35 bits per heavy atom. The zero-order chi connectivity index (χ0) is 14.5. The van der Waals surface area contributed by atoms with E-state index >= 15 is 0 Å². The van der Waals surface area contributed by atoms with Gasteiger partial charge in [0.25, 0.3) is 5.91 Å². The number of rotatable bonds is 5. The summed E-state index contributed by atoms with van der Waals surface area (Å²) >= 11 is 11.9. The molecule has 0 saturated carbocycles. The molecule has 2 N–H and O–H groups in total. The van der Waals surface area contributed by atoms with Gasteiger partial charge in [-0.2, -0.15) is 5.10 Å². The number of H-pyrrole nitrogens is 1. The van der Waals surface area contributed by atoms with Crippen LogP contribution in [0.4, 0.5) is 0 Å². The topological polar surface area (TPSA) is 57.8 Å². The Morgan fingerprint density at radius 2 is 2.15 bits per heavy atom. The third-order valence-corrected chi connectivity index (χ3v) is 3.53. The highest BCUT2D eigenvalue weighted by molar-refractivity contribution is 6.35. The van der Waals surface area contributed by atoms with E-state index in [9.17, 15) is 4.79 Å². The summed E-state index contributed by atoms with van der Waals surface area (Å²) < 4.78 is 0. The molecular formula is C14H15Cl2N3O. The standard InChI is InChI=1S/C14H15Cl2N3O/c1-2-11-8-13(19-18-11)14(20)17-6-5-9-3-4-10(15)7-12(9)16/h3-4,7-8H,2,5-6H2,1H3,(H,17,20)(H,18,19). The SMILES string of the molecule is CCc1cc(C(=O)NCCc2ccc(Cl)cc2Cl)n[nH]1. The van der Waals surface area contributed by atoms with E-state index in [1.54, 1.807) is 18.2 Å². The van der Waals surface area contributed by atoms with Gasteiger partial charge in [0.15, 0.2) is 0 Å². The Morgan fingerprint density at radius 3 is 2.80 bits per heavy atom. The number of carbonyl (C=O) groups is 1. The number of aryl methyl sites for hydroxylation is 1. The number of halogens is 2. The van der Waals surface area contributed by atoms with Gasteiger partial charge in [0, 0.05) is 22.3 Å². The number of nitrogens with zero attached hydrogens (tertiary/aromatic N) is 1. The molecule has 0 aliphatic carbocycles. The molecule has 2 rings (SSSR count). The first kappa shape index (κ1) is 14.9. The van der Waals surface area contributed by atoms with E-state index in [0.717, 1.165) is 17.7 Å². The Labute approximate surface area is 127 Å². The van der Waals surface area contributed by atoms with Gasteiger partial charge in [0.1, 0.15) is 5.69 Å². The lowest BCUT2D eigenvalue weighted by molar-refractivity contribution is 0.0949. The van der Waals surface area contributed by atoms with Gasteiger partial charge in [-0.1, -0.05) is 36.2 Å². The third kappa shape index (κ3) is 3.74. The molecule has 1 heterocycles. The van der Waals surface area contributed by atoms with E-state index in [-0.39, 0.29) is 5.91 Å². The molecule has 0 atom stereocenters. The van der Waals surface area contributed by atoms with E-state index in [4.69, 9.17) is 23.2 Å². The second-order valence-corrected chi connectivity index (χ2v) is 5.22. The van der Waals surface area contributed by atoms with E-state index < -0.39 is 0 Å². The summed E-state index contributed by atoms with van der Waals surface area (Å²) in [6.07, 6.45) is 1.47. The molecule has 2 aromatic rings. The molecule has 0 bridgehead atoms. The molecule has 6 heteroatoms. The Hall–Kier alpha value is -1.52. The minimum absolute atomic E-state index is 0.189. The van der Waals surface area contributed by atoms with Crippen LogP contribution >= 0.6 is 23.2 Å². The van der Waals surface area contributed by atoms with Crippen molar-refractivity contribution in [2.45, 2.75) is 19.8 Å². The first-order chi connectivity index (χ1) is 9.60. The highest BCUT2D eigenvalue weighted by Crippen LogP contribution is 2.21. The molecule has 106 valence electrons. The third-order valence-electron chi connectivity index (χ3n) is 2.94. The van der Waals surface area contributed by atoms with Crippen LogP contribution in [0.25, 0.3) is 0 Å². The Bertz CT molecular complexity index is 610. The predicted molar refractivity (Wildman–Crippen MR) is 80.5 cm³/mol. The fourth-order valence-corrected chi connectivity index (χ4v) is 2.29. The van der Waals surface area contributed by atoms with E-state index in [1.165, 1.54) is 0 Å². The summed E-state index contributed by atoms with van der Waals surface area (Å²) in [6, 6.07) is 7.10. The zero-order valence-corrected chi connectivity index (χ0v) is 12.6. The number of hydrogen-bond acceptors (Lipinski definition) is 2. The van der Waals surface area contributed by atoms with E-state index in [2.05, 4.69) is 15.5 Å². The minimum Gasteiger partial charge on any atom is -0.350 e. The van der Waals surface area contributed by atoms with Crippen LogP contribution in [0.15, 0.2) is 24.3 Å². The van der Waals surface area contributed by atoms with Gasteiger partial charge in [0.05, 0.1) is 0 Å². The van der Waals surface area contributed by atoms with Crippen molar-refractivity contribution in [1.82, 2.24) is 15.5 Å². The van der Waals surface area contributed by atoms with Gasteiger partial charge in [-0.15, -0.1) is 0 Å². The smallest absolute Gasteiger partial charge is 0.271 e. The first-order valence-corrected chi connectivity index (χ1v) is 7.12. The lowest BCUT2D eigenvalue weighted by Gasteiger charge is -2.05. The monoisotopic (exact) mass is 311 g/mol. The summed E-state index contributed by atoms with van der Waals surface area (Å²) in [5, 5.41) is 10.8. The van der Waals surface area contributed by atoms with Crippen LogP contribution in [0.1, 0.15) is 28.7 Å². The molecule has 1 aromatic heterocycles. The number of aromatic amines is 1. The predicted octanol–water partition coefficient (Wildman–Crippen LogP) is 3.25. The van der Waals surface area contributed by atoms with Gasteiger partial charge in [-0.3, -0.25) is 9.89 Å². The molecule has 4 nitrogen and oxygen atoms in total. The van der Waals surface area contributed by atoms with Crippen LogP contribution in [0.5, 0.6) is 0 Å². The normalized spacial score (nSPS) is 10.6. The van der Waals surface area contributed by atoms with Crippen LogP contribution in [-0.4, -0.2) is 22.6 Å². The molecule has 0 spiro atoms. The second kappa shape index (κ2) is 6.77. The van der Waals surface area contributed by atoms with Crippen molar-refractivity contribution in [3.8, 4) is 0 Å². The van der Waals surface area contributed by atoms with Crippen molar-refractivity contribution in [3.05, 3.63) is 51.3 Å². The number of benzene rings is 1. The summed E-state index contributed by atoms with van der Waals surface area (Å²) in [6.45, 7) is 2.49. The molecule has 0 aliphatic heterocycles. The Balaban J connectivity index is 1.87. The number of amides is 1. The largest absolute Gasteiger partial charge is 0.350 e. The maximum atomic E-state index is 11.9. The molecule has 0 radical (unpaired) electrons. The van der Waals surface area contributed by atoms with E-state index in [1.807, 2.05) is 13.0 Å². The zero-order valence-electron chi connectivity index (χ0n) is 11.0. The van der Waals surface area contributed by atoms with Crippen molar-refractivity contribution in [2.24, 2.45) is 0 Å². The number of aromatic nitrogens is 2. The fourth-order valence-electron chi connectivity index (χ4n) is 1.78. The first-order valence-electron chi connectivity index (χ1n) is 6.36. The van der Waals surface area contributed by atoms with E-state index in [0.29, 0.717) is 28.7 Å². The molecular weight excluding hydrogens is 297 g/mol. The van der Waals surface area contributed by atoms with Crippen molar-refractivity contribution >= 4 is 29.1 Å². The van der Waals surface area contributed by atoms with Gasteiger partial charge < -0.3 is 5.32 Å². The highest BCUT2D eigenvalue weighted by Gasteiger charge is 2.09. The average molecular weight is 312 g/mol. The molecule has 1 amide bonds. The van der Waals surface area contributed by atoms with Crippen LogP contribution in [0, 0.1) is 0 Å². The fraction of sp³-hybridized carbons (Fsp3) is 0.286. The molecule has 0 saturated heterocycles. The van der Waals surface area contributed by atoms with Crippen molar-refractivity contribution < 1.29 is 4.79 Å². The summed E-state index contributed by atoms with van der Waals surface area (Å²) in [5.41, 5.74) is 2.30.